The van der Waals surface area contributed by atoms with Crippen molar-refractivity contribution >= 4 is 10.0 Å². The molecule has 1 aliphatic heterocycles. The molecule has 0 amide bonds. The van der Waals surface area contributed by atoms with Crippen molar-refractivity contribution in [2.45, 2.75) is 61.3 Å². The monoisotopic (exact) mass is 321 g/mol. The molecule has 1 aromatic carbocycles. The van der Waals surface area contributed by atoms with Gasteiger partial charge in [-0.3, -0.25) is 0 Å². The molecule has 120 valence electrons. The summed E-state index contributed by atoms with van der Waals surface area (Å²) in [5.41, 5.74) is 0.833. The molecule has 0 bridgehead atoms. The maximum Gasteiger partial charge on any atom is 0.215 e. The summed E-state index contributed by atoms with van der Waals surface area (Å²) >= 11 is 0. The van der Waals surface area contributed by atoms with Gasteiger partial charge in [0.25, 0.3) is 0 Å². The van der Waals surface area contributed by atoms with Gasteiger partial charge >= 0.3 is 0 Å². The van der Waals surface area contributed by atoms with Crippen molar-refractivity contribution in [3.63, 3.8) is 0 Å². The van der Waals surface area contributed by atoms with E-state index in [9.17, 15) is 8.42 Å². The fourth-order valence-corrected chi connectivity index (χ4v) is 5.83. The van der Waals surface area contributed by atoms with Crippen molar-refractivity contribution in [2.75, 3.05) is 6.61 Å². The van der Waals surface area contributed by atoms with Crippen LogP contribution >= 0.6 is 0 Å². The van der Waals surface area contributed by atoms with Gasteiger partial charge in [-0.25, -0.2) is 13.1 Å². The Kier molecular flexibility index (Phi) is 3.55. The molecule has 0 radical (unpaired) electrons. The van der Waals surface area contributed by atoms with Crippen molar-refractivity contribution < 1.29 is 13.2 Å². The number of ether oxygens (including phenoxy) is 1. The molecule has 3 fully saturated rings. The molecule has 3 atom stereocenters. The van der Waals surface area contributed by atoms with Crippen molar-refractivity contribution in [3.05, 3.63) is 35.9 Å². The maximum absolute atomic E-state index is 12.7. The molecule has 0 spiro atoms. The third kappa shape index (κ3) is 2.70. The standard InChI is InChI=1S/C17H23NO3S/c19-22(20,15-12-14(15)13-6-2-1-3-7-13)18-17(9-10-17)16-8-4-5-11-21-16/h1-3,6-7,14-16,18H,4-5,8-12H2. The largest absolute Gasteiger partial charge is 0.376 e. The summed E-state index contributed by atoms with van der Waals surface area (Å²) in [6.45, 7) is 0.768. The Hall–Kier alpha value is -0.910. The van der Waals surface area contributed by atoms with Gasteiger partial charge in [-0.2, -0.15) is 0 Å². The molecule has 2 saturated carbocycles. The van der Waals surface area contributed by atoms with E-state index in [2.05, 4.69) is 4.72 Å². The highest BCUT2D eigenvalue weighted by atomic mass is 32.2. The normalized spacial score (nSPS) is 33.4. The number of sulfonamides is 1. The summed E-state index contributed by atoms with van der Waals surface area (Å²) in [6, 6.07) is 9.97. The van der Waals surface area contributed by atoms with Gasteiger partial charge in [0.1, 0.15) is 0 Å². The van der Waals surface area contributed by atoms with Crippen LogP contribution in [0.15, 0.2) is 30.3 Å². The smallest absolute Gasteiger partial charge is 0.215 e. The Balaban J connectivity index is 1.44. The van der Waals surface area contributed by atoms with Crippen LogP contribution in [0.1, 0.15) is 50.0 Å². The van der Waals surface area contributed by atoms with Crippen LogP contribution in [0.5, 0.6) is 0 Å². The molecular formula is C17H23NO3S. The summed E-state index contributed by atoms with van der Waals surface area (Å²) in [5.74, 6) is 0.154. The van der Waals surface area contributed by atoms with Crippen LogP contribution in [-0.4, -0.2) is 31.9 Å². The van der Waals surface area contributed by atoms with Crippen LogP contribution in [0, 0.1) is 0 Å². The number of benzene rings is 1. The number of rotatable bonds is 5. The third-order valence-corrected chi connectivity index (χ3v) is 7.30. The zero-order chi connectivity index (χ0) is 15.2. The van der Waals surface area contributed by atoms with Crippen LogP contribution in [-0.2, 0) is 14.8 Å². The van der Waals surface area contributed by atoms with Gasteiger partial charge in [0.05, 0.1) is 16.9 Å². The fourth-order valence-electron chi connectivity index (χ4n) is 3.73. The van der Waals surface area contributed by atoms with Gasteiger partial charge in [-0.15, -0.1) is 0 Å². The first-order valence-corrected chi connectivity index (χ1v) is 9.85. The van der Waals surface area contributed by atoms with E-state index in [4.69, 9.17) is 4.74 Å². The summed E-state index contributed by atoms with van der Waals surface area (Å²) < 4.78 is 34.3. The molecule has 1 saturated heterocycles. The second-order valence-electron chi connectivity index (χ2n) is 6.95. The van der Waals surface area contributed by atoms with E-state index in [0.29, 0.717) is 0 Å². The van der Waals surface area contributed by atoms with Gasteiger partial charge < -0.3 is 4.74 Å². The Morgan fingerprint density at radius 2 is 1.91 bits per heavy atom. The Bertz CT molecular complexity index is 633. The zero-order valence-corrected chi connectivity index (χ0v) is 13.5. The van der Waals surface area contributed by atoms with E-state index in [1.54, 1.807) is 0 Å². The second kappa shape index (κ2) is 5.32. The number of hydrogen-bond acceptors (Lipinski definition) is 3. The molecule has 1 aromatic rings. The Morgan fingerprint density at radius 1 is 1.14 bits per heavy atom. The first-order valence-electron chi connectivity index (χ1n) is 8.30. The quantitative estimate of drug-likeness (QED) is 0.907. The second-order valence-corrected chi connectivity index (χ2v) is 8.85. The lowest BCUT2D eigenvalue weighted by atomic mass is 10.0. The van der Waals surface area contributed by atoms with Crippen LogP contribution in [0.4, 0.5) is 0 Å². The molecule has 4 nitrogen and oxygen atoms in total. The predicted molar refractivity (Wildman–Crippen MR) is 85.2 cm³/mol. The van der Waals surface area contributed by atoms with Gasteiger partial charge in [0.2, 0.25) is 10.0 Å². The van der Waals surface area contributed by atoms with E-state index in [0.717, 1.165) is 50.7 Å². The molecule has 1 heterocycles. The molecule has 22 heavy (non-hydrogen) atoms. The Morgan fingerprint density at radius 3 is 2.55 bits per heavy atom. The molecule has 3 aliphatic rings. The number of hydrogen-bond donors (Lipinski definition) is 1. The molecule has 3 unspecified atom stereocenters. The highest BCUT2D eigenvalue weighted by Gasteiger charge is 2.57. The van der Waals surface area contributed by atoms with Crippen molar-refractivity contribution in [3.8, 4) is 0 Å². The summed E-state index contributed by atoms with van der Waals surface area (Å²) in [7, 11) is -3.26. The van der Waals surface area contributed by atoms with Gasteiger partial charge in [0, 0.05) is 12.5 Å². The van der Waals surface area contributed by atoms with Gasteiger partial charge in [-0.05, 0) is 44.1 Å². The molecule has 5 heteroatoms. The average Bonchev–Trinajstić information content (AvgIpc) is 3.43. The lowest BCUT2D eigenvalue weighted by molar-refractivity contribution is -0.00975. The summed E-state index contributed by atoms with van der Waals surface area (Å²) in [6.07, 6.45) is 5.86. The number of nitrogens with one attached hydrogen (secondary N) is 1. The minimum atomic E-state index is -3.26. The van der Waals surface area contributed by atoms with E-state index in [1.807, 2.05) is 30.3 Å². The molecule has 0 aromatic heterocycles. The minimum absolute atomic E-state index is 0.0740. The van der Waals surface area contributed by atoms with Crippen molar-refractivity contribution in [1.29, 1.82) is 0 Å². The highest BCUT2D eigenvalue weighted by molar-refractivity contribution is 7.90. The SMILES string of the molecule is O=S(=O)(NC1(C2CCCCO2)CC1)C1CC1c1ccccc1. The maximum atomic E-state index is 12.7. The predicted octanol–water partition coefficient (Wildman–Crippen LogP) is 2.56. The summed E-state index contributed by atoms with van der Waals surface area (Å²) in [5, 5.41) is -0.268. The fraction of sp³-hybridized carbons (Fsp3) is 0.647. The first-order chi connectivity index (χ1) is 10.6. The molecule has 1 N–H and O–H groups in total. The van der Waals surface area contributed by atoms with E-state index < -0.39 is 10.0 Å². The highest BCUT2D eigenvalue weighted by Crippen LogP contribution is 2.49. The van der Waals surface area contributed by atoms with E-state index in [1.165, 1.54) is 0 Å². The van der Waals surface area contributed by atoms with Crippen LogP contribution < -0.4 is 4.72 Å². The molecule has 2 aliphatic carbocycles. The molecular weight excluding hydrogens is 298 g/mol. The zero-order valence-electron chi connectivity index (χ0n) is 12.7. The minimum Gasteiger partial charge on any atom is -0.376 e. The first kappa shape index (κ1) is 14.7. The lowest BCUT2D eigenvalue weighted by Crippen LogP contribution is -2.49. The van der Waals surface area contributed by atoms with Crippen molar-refractivity contribution in [2.24, 2.45) is 0 Å². The topological polar surface area (TPSA) is 55.4 Å². The van der Waals surface area contributed by atoms with Crippen LogP contribution in [0.25, 0.3) is 0 Å². The van der Waals surface area contributed by atoms with Crippen LogP contribution in [0.3, 0.4) is 0 Å². The Labute approximate surface area is 132 Å². The average molecular weight is 321 g/mol. The van der Waals surface area contributed by atoms with Gasteiger partial charge in [0.15, 0.2) is 0 Å². The lowest BCUT2D eigenvalue weighted by Gasteiger charge is -2.31. The summed E-state index contributed by atoms with van der Waals surface area (Å²) in [4.78, 5) is 0. The van der Waals surface area contributed by atoms with Crippen molar-refractivity contribution in [1.82, 2.24) is 4.72 Å². The molecule has 4 rings (SSSR count). The van der Waals surface area contributed by atoms with E-state index in [-0.39, 0.29) is 22.8 Å². The van der Waals surface area contributed by atoms with Gasteiger partial charge in [-0.1, -0.05) is 30.3 Å². The van der Waals surface area contributed by atoms with Crippen LogP contribution in [0.2, 0.25) is 0 Å². The third-order valence-electron chi connectivity index (χ3n) is 5.29. The van der Waals surface area contributed by atoms with E-state index >= 15 is 0 Å².